The number of anilines is 1. The Balaban J connectivity index is 2.16. The van der Waals surface area contributed by atoms with Crippen molar-refractivity contribution < 1.29 is 35.5 Å². The highest BCUT2D eigenvalue weighted by atomic mass is 32.2. The number of halogens is 4. The van der Waals surface area contributed by atoms with Gasteiger partial charge in [0.05, 0.1) is 18.4 Å². The Bertz CT molecular complexity index is 1290. The van der Waals surface area contributed by atoms with Crippen LogP contribution in [0.25, 0.3) is 6.08 Å². The maximum atomic E-state index is 14.3. The third kappa shape index (κ3) is 8.84. The summed E-state index contributed by atoms with van der Waals surface area (Å²) >= 11 is 0. The van der Waals surface area contributed by atoms with Gasteiger partial charge in [0.25, 0.3) is 0 Å². The standard InChI is InChI=1S/C23H24F4N4O4S/c1-14(2)8-9-35-22-16(4-6-19(30-22)23(25,26)27)5-7-20(32)29-13-15-10-17(12-28)21(18(24)11-15)31-36(3,33)34/h4-7,10-11,14,31H,8-9,13H2,1-3H3,(H,29,32)/b7-5-. The monoisotopic (exact) mass is 528 g/mol. The van der Waals surface area contributed by atoms with Crippen molar-refractivity contribution in [3.8, 4) is 11.9 Å². The number of carbonyl (C=O) groups excluding carboxylic acids is 1. The lowest BCUT2D eigenvalue weighted by atomic mass is 10.1. The molecular weight excluding hydrogens is 504 g/mol. The van der Waals surface area contributed by atoms with Crippen LogP contribution in [0.15, 0.2) is 30.3 Å². The highest BCUT2D eigenvalue weighted by Gasteiger charge is 2.33. The van der Waals surface area contributed by atoms with Crippen molar-refractivity contribution in [2.75, 3.05) is 17.6 Å². The SMILES string of the molecule is CC(C)CCOc1nc(C(F)(F)F)ccc1/C=C\C(=O)NCc1cc(F)c(NS(C)(=O)=O)c(C#N)c1. The van der Waals surface area contributed by atoms with Crippen molar-refractivity contribution >= 4 is 27.7 Å². The van der Waals surface area contributed by atoms with Crippen LogP contribution in [0.5, 0.6) is 5.88 Å². The fourth-order valence-corrected chi connectivity index (χ4v) is 3.38. The van der Waals surface area contributed by atoms with E-state index in [9.17, 15) is 36.0 Å². The quantitative estimate of drug-likeness (QED) is 0.352. The molecule has 0 aliphatic carbocycles. The maximum Gasteiger partial charge on any atom is 0.433 e. The zero-order chi connectivity index (χ0) is 27.1. The molecule has 0 saturated carbocycles. The van der Waals surface area contributed by atoms with Crippen molar-refractivity contribution in [3.63, 3.8) is 0 Å². The van der Waals surface area contributed by atoms with E-state index in [2.05, 4.69) is 10.3 Å². The van der Waals surface area contributed by atoms with Crippen molar-refractivity contribution in [2.45, 2.75) is 33.0 Å². The van der Waals surface area contributed by atoms with Crippen LogP contribution in [0.3, 0.4) is 0 Å². The number of ether oxygens (including phenoxy) is 1. The van der Waals surface area contributed by atoms with Crippen LogP contribution in [0.4, 0.5) is 23.2 Å². The second-order valence-corrected chi connectivity index (χ2v) is 9.91. The summed E-state index contributed by atoms with van der Waals surface area (Å²) in [5, 5.41) is 11.6. The van der Waals surface area contributed by atoms with Gasteiger partial charge in [-0.1, -0.05) is 13.8 Å². The average molecular weight is 529 g/mol. The summed E-state index contributed by atoms with van der Waals surface area (Å²) in [6.07, 6.45) is -1.00. The number of hydrogen-bond donors (Lipinski definition) is 2. The Morgan fingerprint density at radius 1 is 1.28 bits per heavy atom. The number of nitriles is 1. The molecule has 194 valence electrons. The molecule has 0 unspecified atom stereocenters. The van der Waals surface area contributed by atoms with Crippen LogP contribution < -0.4 is 14.8 Å². The van der Waals surface area contributed by atoms with Crippen molar-refractivity contribution in [3.05, 3.63) is 58.5 Å². The summed E-state index contributed by atoms with van der Waals surface area (Å²) in [7, 11) is -3.83. The minimum atomic E-state index is -4.67. The van der Waals surface area contributed by atoms with Gasteiger partial charge in [0, 0.05) is 18.2 Å². The van der Waals surface area contributed by atoms with E-state index in [4.69, 9.17) is 4.74 Å². The molecule has 2 rings (SSSR count). The largest absolute Gasteiger partial charge is 0.477 e. The number of nitrogens with one attached hydrogen (secondary N) is 2. The molecule has 1 aromatic carbocycles. The normalized spacial score (nSPS) is 12.0. The number of carbonyl (C=O) groups is 1. The van der Waals surface area contributed by atoms with Gasteiger partial charge in [0.2, 0.25) is 21.8 Å². The Morgan fingerprint density at radius 3 is 2.56 bits per heavy atom. The molecule has 0 saturated heterocycles. The minimum Gasteiger partial charge on any atom is -0.477 e. The Labute approximate surface area is 206 Å². The first-order valence-electron chi connectivity index (χ1n) is 10.6. The molecule has 1 aromatic heterocycles. The maximum absolute atomic E-state index is 14.3. The first kappa shape index (κ1) is 28.6. The number of alkyl halides is 3. The van der Waals surface area contributed by atoms with E-state index in [0.29, 0.717) is 6.42 Å². The highest BCUT2D eigenvalue weighted by Crippen LogP contribution is 2.31. The molecule has 0 aliphatic heterocycles. The lowest BCUT2D eigenvalue weighted by molar-refractivity contribution is -0.141. The minimum absolute atomic E-state index is 0.135. The number of sulfonamides is 1. The van der Waals surface area contributed by atoms with E-state index < -0.39 is 39.3 Å². The Kier molecular flexibility index (Phi) is 9.41. The first-order valence-corrected chi connectivity index (χ1v) is 12.5. The van der Waals surface area contributed by atoms with Gasteiger partial charge in [0.15, 0.2) is 0 Å². The predicted octanol–water partition coefficient (Wildman–Crippen LogP) is 4.24. The topological polar surface area (TPSA) is 121 Å². The highest BCUT2D eigenvalue weighted by molar-refractivity contribution is 7.92. The molecule has 2 aromatic rings. The smallest absolute Gasteiger partial charge is 0.433 e. The van der Waals surface area contributed by atoms with E-state index in [1.807, 2.05) is 18.6 Å². The van der Waals surface area contributed by atoms with E-state index in [0.717, 1.165) is 30.5 Å². The molecule has 36 heavy (non-hydrogen) atoms. The van der Waals surface area contributed by atoms with E-state index >= 15 is 0 Å². The second-order valence-electron chi connectivity index (χ2n) is 8.16. The van der Waals surface area contributed by atoms with Crippen LogP contribution in [-0.2, 0) is 27.5 Å². The Morgan fingerprint density at radius 2 is 1.97 bits per heavy atom. The number of aromatic nitrogens is 1. The third-order valence-electron chi connectivity index (χ3n) is 4.55. The van der Waals surface area contributed by atoms with Crippen LogP contribution >= 0.6 is 0 Å². The lowest BCUT2D eigenvalue weighted by Gasteiger charge is -2.13. The second kappa shape index (κ2) is 11.9. The molecular formula is C23H24F4N4O4S. The van der Waals surface area contributed by atoms with Gasteiger partial charge >= 0.3 is 6.18 Å². The van der Waals surface area contributed by atoms with E-state index in [1.54, 1.807) is 6.07 Å². The Hall–Kier alpha value is -3.66. The van der Waals surface area contributed by atoms with Crippen LogP contribution in [0.1, 0.15) is 42.7 Å². The molecule has 0 radical (unpaired) electrons. The van der Waals surface area contributed by atoms with Crippen molar-refractivity contribution in [2.24, 2.45) is 5.92 Å². The van der Waals surface area contributed by atoms with Crippen molar-refractivity contribution in [1.82, 2.24) is 10.3 Å². The van der Waals surface area contributed by atoms with Gasteiger partial charge in [0.1, 0.15) is 23.3 Å². The summed E-state index contributed by atoms with van der Waals surface area (Å²) < 4.78 is 83.5. The fourth-order valence-electron chi connectivity index (χ4n) is 2.80. The number of benzene rings is 1. The summed E-state index contributed by atoms with van der Waals surface area (Å²) in [5.74, 6) is -1.69. The van der Waals surface area contributed by atoms with Gasteiger partial charge in [-0.2, -0.15) is 18.4 Å². The summed E-state index contributed by atoms with van der Waals surface area (Å²) in [6.45, 7) is 3.78. The van der Waals surface area contributed by atoms with E-state index in [-0.39, 0.29) is 41.6 Å². The van der Waals surface area contributed by atoms with Crippen molar-refractivity contribution in [1.29, 1.82) is 5.26 Å². The van der Waals surface area contributed by atoms with Gasteiger partial charge in [-0.3, -0.25) is 9.52 Å². The number of amides is 1. The summed E-state index contributed by atoms with van der Waals surface area (Å²) in [5.41, 5.74) is -1.59. The molecule has 0 bridgehead atoms. The number of pyridine rings is 1. The predicted molar refractivity (Wildman–Crippen MR) is 125 cm³/mol. The molecule has 2 N–H and O–H groups in total. The average Bonchev–Trinajstić information content (AvgIpc) is 2.76. The number of rotatable bonds is 10. The molecule has 1 heterocycles. The fraction of sp³-hybridized carbons (Fsp3) is 0.348. The zero-order valence-electron chi connectivity index (χ0n) is 19.6. The van der Waals surface area contributed by atoms with Gasteiger partial charge in [-0.25, -0.2) is 17.8 Å². The van der Waals surface area contributed by atoms with Gasteiger partial charge in [-0.05, 0) is 48.2 Å². The molecule has 1 amide bonds. The number of hydrogen-bond acceptors (Lipinski definition) is 6. The summed E-state index contributed by atoms with van der Waals surface area (Å²) in [4.78, 5) is 15.8. The molecule has 0 atom stereocenters. The third-order valence-corrected chi connectivity index (χ3v) is 5.13. The molecule has 0 fully saturated rings. The zero-order valence-corrected chi connectivity index (χ0v) is 20.4. The summed E-state index contributed by atoms with van der Waals surface area (Å²) in [6, 6.07) is 5.75. The lowest BCUT2D eigenvalue weighted by Crippen LogP contribution is -2.21. The molecule has 0 spiro atoms. The molecule has 13 heteroatoms. The van der Waals surface area contributed by atoms with Crippen LogP contribution in [-0.4, -0.2) is 32.2 Å². The van der Waals surface area contributed by atoms with E-state index in [1.165, 1.54) is 12.1 Å². The number of nitrogens with zero attached hydrogens (tertiary/aromatic N) is 2. The van der Waals surface area contributed by atoms with Gasteiger partial charge < -0.3 is 10.1 Å². The molecule has 8 nitrogen and oxygen atoms in total. The first-order chi connectivity index (χ1) is 16.7. The molecule has 0 aliphatic rings. The van der Waals surface area contributed by atoms with Crippen LogP contribution in [0, 0.1) is 23.1 Å². The van der Waals surface area contributed by atoms with Crippen LogP contribution in [0.2, 0.25) is 0 Å². The van der Waals surface area contributed by atoms with Gasteiger partial charge in [-0.15, -0.1) is 0 Å².